The fourth-order valence-corrected chi connectivity index (χ4v) is 4.95. The fourth-order valence-electron chi connectivity index (χ4n) is 2.90. The van der Waals surface area contributed by atoms with Gasteiger partial charge in [0.1, 0.15) is 4.21 Å². The highest BCUT2D eigenvalue weighted by Gasteiger charge is 2.14. The number of anilines is 1. The Morgan fingerprint density at radius 2 is 1.53 bits per heavy atom. The van der Waals surface area contributed by atoms with Crippen LogP contribution in [0.15, 0.2) is 111 Å². The van der Waals surface area contributed by atoms with Gasteiger partial charge < -0.3 is 5.11 Å². The van der Waals surface area contributed by atoms with Gasteiger partial charge in [-0.15, -0.1) is 11.3 Å². The minimum atomic E-state index is -3.63. The maximum Gasteiger partial charge on any atom is 0.271 e. The SMILES string of the molecule is O=S(=O)(Nc1ccc(C([O-])=N/N=C\c2ccc(-c3ccccc3)cc2)cc1)c1cccs1. The topological polar surface area (TPSA) is 94.0 Å². The number of nitrogens with zero attached hydrogens (tertiary/aromatic N) is 2. The fraction of sp³-hybridized carbons (Fsp3) is 0. The Hall–Kier alpha value is -3.75. The molecule has 1 N–H and O–H groups in total. The summed E-state index contributed by atoms with van der Waals surface area (Å²) in [4.78, 5) is 0. The molecule has 0 saturated heterocycles. The number of rotatable bonds is 7. The Morgan fingerprint density at radius 3 is 2.19 bits per heavy atom. The minimum Gasteiger partial charge on any atom is -0.857 e. The van der Waals surface area contributed by atoms with E-state index in [1.165, 1.54) is 36.5 Å². The molecule has 3 aromatic carbocycles. The zero-order chi connectivity index (χ0) is 22.4. The van der Waals surface area contributed by atoms with Crippen LogP contribution in [0.2, 0.25) is 0 Å². The first-order valence-electron chi connectivity index (χ1n) is 9.61. The predicted molar refractivity (Wildman–Crippen MR) is 128 cm³/mol. The number of hydrogen-bond donors (Lipinski definition) is 1. The van der Waals surface area contributed by atoms with E-state index in [-0.39, 0.29) is 4.21 Å². The van der Waals surface area contributed by atoms with Gasteiger partial charge in [-0.2, -0.15) is 10.2 Å². The lowest BCUT2D eigenvalue weighted by Crippen LogP contribution is -2.18. The van der Waals surface area contributed by atoms with E-state index in [1.54, 1.807) is 11.4 Å². The molecule has 4 rings (SSSR count). The molecule has 0 aliphatic rings. The van der Waals surface area contributed by atoms with Crippen molar-refractivity contribution in [1.29, 1.82) is 0 Å². The third kappa shape index (κ3) is 5.29. The summed E-state index contributed by atoms with van der Waals surface area (Å²) in [6.45, 7) is 0. The van der Waals surface area contributed by atoms with Crippen LogP contribution in [0.1, 0.15) is 11.1 Å². The molecule has 0 aliphatic carbocycles. The summed E-state index contributed by atoms with van der Waals surface area (Å²) in [6, 6.07) is 27.0. The van der Waals surface area contributed by atoms with Crippen LogP contribution >= 0.6 is 11.3 Å². The van der Waals surface area contributed by atoms with Crippen molar-refractivity contribution in [1.82, 2.24) is 0 Å². The molecule has 0 fully saturated rings. The van der Waals surface area contributed by atoms with Crippen molar-refractivity contribution in [3.05, 3.63) is 108 Å². The lowest BCUT2D eigenvalue weighted by molar-refractivity contribution is -0.213. The Balaban J connectivity index is 1.40. The monoisotopic (exact) mass is 460 g/mol. The van der Waals surface area contributed by atoms with Gasteiger partial charge in [-0.05, 0) is 45.8 Å². The number of nitrogens with one attached hydrogen (secondary N) is 1. The van der Waals surface area contributed by atoms with Crippen molar-refractivity contribution in [3.63, 3.8) is 0 Å². The third-order valence-corrected chi connectivity index (χ3v) is 7.30. The van der Waals surface area contributed by atoms with Gasteiger partial charge in [0.05, 0.1) is 6.21 Å². The molecule has 160 valence electrons. The van der Waals surface area contributed by atoms with Gasteiger partial charge in [0.25, 0.3) is 10.0 Å². The summed E-state index contributed by atoms with van der Waals surface area (Å²) in [6.07, 6.45) is 1.51. The molecule has 32 heavy (non-hydrogen) atoms. The lowest BCUT2D eigenvalue weighted by atomic mass is 10.0. The quantitative estimate of drug-likeness (QED) is 0.252. The molecule has 1 heterocycles. The van der Waals surface area contributed by atoms with E-state index in [2.05, 4.69) is 14.9 Å². The Bertz CT molecular complexity index is 1330. The first-order valence-corrected chi connectivity index (χ1v) is 12.0. The number of benzene rings is 3. The molecule has 0 aliphatic heterocycles. The average Bonchev–Trinajstić information content (AvgIpc) is 3.37. The van der Waals surface area contributed by atoms with Crippen molar-refractivity contribution < 1.29 is 13.5 Å². The highest BCUT2D eigenvalue weighted by molar-refractivity contribution is 7.94. The normalized spacial score (nSPS) is 12.2. The van der Waals surface area contributed by atoms with Crippen LogP contribution in [-0.2, 0) is 10.0 Å². The van der Waals surface area contributed by atoms with Crippen LogP contribution in [0.3, 0.4) is 0 Å². The molecular formula is C24H18N3O3S2-. The van der Waals surface area contributed by atoms with Crippen LogP contribution < -0.4 is 9.83 Å². The summed E-state index contributed by atoms with van der Waals surface area (Å²) in [5.74, 6) is -0.519. The zero-order valence-electron chi connectivity index (χ0n) is 16.8. The van der Waals surface area contributed by atoms with E-state index >= 15 is 0 Å². The summed E-state index contributed by atoms with van der Waals surface area (Å²) in [5, 5.41) is 21.5. The van der Waals surface area contributed by atoms with Crippen LogP contribution in [-0.4, -0.2) is 20.5 Å². The molecule has 0 atom stereocenters. The lowest BCUT2D eigenvalue weighted by Gasteiger charge is -2.10. The second-order valence-corrected chi connectivity index (χ2v) is 9.61. The van der Waals surface area contributed by atoms with E-state index in [0.717, 1.165) is 28.0 Å². The first kappa shape index (κ1) is 21.5. The molecule has 0 radical (unpaired) electrons. The summed E-state index contributed by atoms with van der Waals surface area (Å²) >= 11 is 1.13. The third-order valence-electron chi connectivity index (χ3n) is 4.52. The van der Waals surface area contributed by atoms with E-state index < -0.39 is 15.9 Å². The van der Waals surface area contributed by atoms with Crippen LogP contribution in [0, 0.1) is 0 Å². The van der Waals surface area contributed by atoms with Crippen molar-refractivity contribution in [2.45, 2.75) is 4.21 Å². The molecule has 0 amide bonds. The van der Waals surface area contributed by atoms with Crippen molar-refractivity contribution in [2.75, 3.05) is 4.72 Å². The van der Waals surface area contributed by atoms with E-state index in [9.17, 15) is 13.5 Å². The summed E-state index contributed by atoms with van der Waals surface area (Å²) in [7, 11) is -3.63. The van der Waals surface area contributed by atoms with Crippen LogP contribution in [0.4, 0.5) is 5.69 Å². The van der Waals surface area contributed by atoms with Gasteiger partial charge in [0.15, 0.2) is 0 Å². The molecule has 0 bridgehead atoms. The Morgan fingerprint density at radius 1 is 0.844 bits per heavy atom. The molecule has 0 unspecified atom stereocenters. The largest absolute Gasteiger partial charge is 0.857 e. The highest BCUT2D eigenvalue weighted by atomic mass is 32.2. The molecule has 1 aromatic heterocycles. The van der Waals surface area contributed by atoms with Crippen LogP contribution in [0.25, 0.3) is 11.1 Å². The maximum atomic E-state index is 12.3. The van der Waals surface area contributed by atoms with Gasteiger partial charge in [-0.3, -0.25) is 4.72 Å². The number of thiophene rings is 1. The van der Waals surface area contributed by atoms with Gasteiger partial charge >= 0.3 is 0 Å². The second-order valence-electron chi connectivity index (χ2n) is 6.75. The molecule has 8 heteroatoms. The minimum absolute atomic E-state index is 0.221. The maximum absolute atomic E-state index is 12.3. The molecular weight excluding hydrogens is 442 g/mol. The number of sulfonamides is 1. The molecule has 6 nitrogen and oxygen atoms in total. The molecule has 0 saturated carbocycles. The standard InChI is InChI=1S/C24H19N3O3S2/c28-24(21-12-14-22(15-13-21)27-32(29,30)23-7-4-16-31-23)26-25-17-18-8-10-20(11-9-18)19-5-2-1-3-6-19/h1-17,27H,(H,26,28)/p-1/b25-17-. The number of hydrogen-bond acceptors (Lipinski definition) is 6. The first-order chi connectivity index (χ1) is 15.5. The van der Waals surface area contributed by atoms with E-state index in [1.807, 2.05) is 54.6 Å². The molecule has 0 spiro atoms. The highest BCUT2D eigenvalue weighted by Crippen LogP contribution is 2.21. The van der Waals surface area contributed by atoms with Crippen molar-refractivity contribution >= 4 is 39.2 Å². The Labute approximate surface area is 190 Å². The van der Waals surface area contributed by atoms with Gasteiger partial charge in [-0.1, -0.05) is 72.8 Å². The van der Waals surface area contributed by atoms with Gasteiger partial charge in [0.2, 0.25) is 0 Å². The van der Waals surface area contributed by atoms with Gasteiger partial charge in [-0.25, -0.2) is 8.42 Å². The van der Waals surface area contributed by atoms with E-state index in [0.29, 0.717) is 11.3 Å². The smallest absolute Gasteiger partial charge is 0.271 e. The van der Waals surface area contributed by atoms with Crippen LogP contribution in [0.5, 0.6) is 0 Å². The van der Waals surface area contributed by atoms with E-state index in [4.69, 9.17) is 0 Å². The van der Waals surface area contributed by atoms with Gasteiger partial charge in [0, 0.05) is 11.6 Å². The van der Waals surface area contributed by atoms with Crippen molar-refractivity contribution in [2.24, 2.45) is 10.2 Å². The summed E-state index contributed by atoms with van der Waals surface area (Å²) < 4.78 is 27.2. The van der Waals surface area contributed by atoms with Crippen molar-refractivity contribution in [3.8, 4) is 11.1 Å². The second kappa shape index (κ2) is 9.59. The molecule has 4 aromatic rings. The Kier molecular flexibility index (Phi) is 6.44. The zero-order valence-corrected chi connectivity index (χ0v) is 18.4. The predicted octanol–water partition coefficient (Wildman–Crippen LogP) is 4.36. The summed E-state index contributed by atoms with van der Waals surface area (Å²) in [5.41, 5.74) is 3.69. The average molecular weight is 461 g/mol.